The maximum atomic E-state index is 12.7. The number of carbonyl (C=O) groups is 2. The van der Waals surface area contributed by atoms with Gasteiger partial charge in [-0.15, -0.1) is 0 Å². The summed E-state index contributed by atoms with van der Waals surface area (Å²) in [7, 11) is 1.60. The molecule has 2 aromatic carbocycles. The van der Waals surface area contributed by atoms with Gasteiger partial charge in [-0.05, 0) is 55.3 Å². The molecule has 1 aliphatic heterocycles. The van der Waals surface area contributed by atoms with Gasteiger partial charge in [0.05, 0.1) is 19.2 Å². The highest BCUT2D eigenvalue weighted by molar-refractivity contribution is 6.23. The zero-order chi connectivity index (χ0) is 17.3. The Morgan fingerprint density at radius 3 is 2.46 bits per heavy atom. The summed E-state index contributed by atoms with van der Waals surface area (Å²) in [6.45, 7) is 3.90. The average Bonchev–Trinajstić information content (AvgIpc) is 2.85. The lowest BCUT2D eigenvalue weighted by Gasteiger charge is -2.19. The summed E-state index contributed by atoms with van der Waals surface area (Å²) < 4.78 is 5.12. The van der Waals surface area contributed by atoms with Crippen molar-refractivity contribution in [2.24, 2.45) is 0 Å². The number of hydrogen-bond acceptors (Lipinski definition) is 4. The van der Waals surface area contributed by atoms with E-state index >= 15 is 0 Å². The van der Waals surface area contributed by atoms with E-state index in [4.69, 9.17) is 4.74 Å². The Bertz CT molecular complexity index is 784. The fourth-order valence-corrected chi connectivity index (χ4v) is 2.86. The molecule has 0 radical (unpaired) electrons. The summed E-state index contributed by atoms with van der Waals surface area (Å²) in [6.07, 6.45) is 0.151. The lowest BCUT2D eigenvalue weighted by Crippen LogP contribution is -2.35. The van der Waals surface area contributed by atoms with Gasteiger partial charge in [0.1, 0.15) is 11.8 Å². The van der Waals surface area contributed by atoms with Crippen LogP contribution in [0.25, 0.3) is 0 Å². The van der Waals surface area contributed by atoms with E-state index in [0.717, 1.165) is 22.6 Å². The number of ether oxygens (including phenoxy) is 1. The van der Waals surface area contributed by atoms with Crippen LogP contribution in [0.15, 0.2) is 42.5 Å². The highest BCUT2D eigenvalue weighted by atomic mass is 16.5. The van der Waals surface area contributed by atoms with Crippen molar-refractivity contribution in [1.29, 1.82) is 0 Å². The highest BCUT2D eigenvalue weighted by Crippen LogP contribution is 2.29. The van der Waals surface area contributed by atoms with Crippen LogP contribution in [0.4, 0.5) is 11.4 Å². The first-order valence-corrected chi connectivity index (χ1v) is 7.85. The molecule has 1 saturated heterocycles. The minimum Gasteiger partial charge on any atom is -0.497 e. The molecule has 1 fully saturated rings. The fraction of sp³-hybridized carbons (Fsp3) is 0.263. The summed E-state index contributed by atoms with van der Waals surface area (Å²) in [5.41, 5.74) is 3.46. The summed E-state index contributed by atoms with van der Waals surface area (Å²) in [5.74, 6) is 0.343. The molecule has 0 bridgehead atoms. The topological polar surface area (TPSA) is 58.6 Å². The molecule has 1 heterocycles. The van der Waals surface area contributed by atoms with E-state index in [1.807, 2.05) is 56.3 Å². The highest BCUT2D eigenvalue weighted by Gasteiger charge is 2.40. The van der Waals surface area contributed by atoms with Gasteiger partial charge in [-0.2, -0.15) is 0 Å². The molecule has 124 valence electrons. The van der Waals surface area contributed by atoms with E-state index in [0.29, 0.717) is 5.69 Å². The molecule has 3 rings (SSSR count). The van der Waals surface area contributed by atoms with Gasteiger partial charge in [0.25, 0.3) is 5.91 Å². The van der Waals surface area contributed by atoms with E-state index in [2.05, 4.69) is 5.32 Å². The maximum Gasteiger partial charge on any atom is 0.256 e. The zero-order valence-corrected chi connectivity index (χ0v) is 14.0. The lowest BCUT2D eigenvalue weighted by atomic mass is 10.1. The fourth-order valence-electron chi connectivity index (χ4n) is 2.86. The minimum atomic E-state index is -0.550. The number of rotatable bonds is 4. The van der Waals surface area contributed by atoms with Crippen molar-refractivity contribution in [2.75, 3.05) is 17.3 Å². The van der Waals surface area contributed by atoms with Crippen LogP contribution in [0.2, 0.25) is 0 Å². The second-order valence-electron chi connectivity index (χ2n) is 5.92. The largest absolute Gasteiger partial charge is 0.497 e. The Hall–Kier alpha value is -2.82. The third kappa shape index (κ3) is 2.85. The Morgan fingerprint density at radius 1 is 1.08 bits per heavy atom. The molecule has 0 aromatic heterocycles. The van der Waals surface area contributed by atoms with E-state index in [9.17, 15) is 9.59 Å². The molecule has 0 spiro atoms. The number of anilines is 2. The Kier molecular flexibility index (Phi) is 4.25. The first-order chi connectivity index (χ1) is 11.5. The Balaban J connectivity index is 1.82. The molecule has 24 heavy (non-hydrogen) atoms. The van der Waals surface area contributed by atoms with Gasteiger partial charge >= 0.3 is 0 Å². The van der Waals surface area contributed by atoms with Crippen LogP contribution in [0.1, 0.15) is 17.5 Å². The summed E-state index contributed by atoms with van der Waals surface area (Å²) in [6, 6.07) is 12.4. The normalized spacial score (nSPS) is 17.3. The third-order valence-electron chi connectivity index (χ3n) is 4.39. The predicted molar refractivity (Wildman–Crippen MR) is 93.4 cm³/mol. The van der Waals surface area contributed by atoms with Gasteiger partial charge < -0.3 is 10.1 Å². The van der Waals surface area contributed by atoms with Gasteiger partial charge in [0.15, 0.2) is 0 Å². The van der Waals surface area contributed by atoms with Crippen molar-refractivity contribution in [3.05, 3.63) is 53.6 Å². The number of imide groups is 1. The molecule has 2 amide bonds. The van der Waals surface area contributed by atoms with Crippen molar-refractivity contribution in [3.8, 4) is 5.75 Å². The van der Waals surface area contributed by atoms with Gasteiger partial charge in [0, 0.05) is 5.69 Å². The van der Waals surface area contributed by atoms with Crippen LogP contribution in [0.3, 0.4) is 0 Å². The predicted octanol–water partition coefficient (Wildman–Crippen LogP) is 3.06. The van der Waals surface area contributed by atoms with E-state index in [-0.39, 0.29) is 18.2 Å². The van der Waals surface area contributed by atoms with Crippen molar-refractivity contribution >= 4 is 23.2 Å². The molecule has 1 aliphatic rings. The molecule has 0 saturated carbocycles. The van der Waals surface area contributed by atoms with Crippen molar-refractivity contribution < 1.29 is 14.3 Å². The molecule has 2 aromatic rings. The van der Waals surface area contributed by atoms with Gasteiger partial charge in [0.2, 0.25) is 5.91 Å². The molecule has 0 aliphatic carbocycles. The molecule has 1 atom stereocenters. The lowest BCUT2D eigenvalue weighted by molar-refractivity contribution is -0.121. The number of amides is 2. The van der Waals surface area contributed by atoms with Gasteiger partial charge in [-0.1, -0.05) is 12.1 Å². The molecule has 5 nitrogen and oxygen atoms in total. The Labute approximate surface area is 141 Å². The molecule has 5 heteroatoms. The van der Waals surface area contributed by atoms with Crippen LogP contribution in [-0.2, 0) is 9.59 Å². The van der Waals surface area contributed by atoms with E-state index in [1.165, 1.54) is 4.90 Å². The number of benzene rings is 2. The number of aryl methyl sites for hydroxylation is 1. The van der Waals surface area contributed by atoms with Crippen LogP contribution >= 0.6 is 0 Å². The van der Waals surface area contributed by atoms with Crippen LogP contribution in [0, 0.1) is 13.8 Å². The van der Waals surface area contributed by atoms with Crippen LogP contribution < -0.4 is 15.0 Å². The summed E-state index contributed by atoms with van der Waals surface area (Å²) >= 11 is 0. The van der Waals surface area contributed by atoms with E-state index in [1.54, 1.807) is 7.11 Å². The summed E-state index contributed by atoms with van der Waals surface area (Å²) in [4.78, 5) is 26.4. The van der Waals surface area contributed by atoms with Crippen molar-refractivity contribution in [3.63, 3.8) is 0 Å². The smallest absolute Gasteiger partial charge is 0.256 e. The first kappa shape index (κ1) is 16.1. The third-order valence-corrected chi connectivity index (χ3v) is 4.39. The maximum absolute atomic E-state index is 12.7. The monoisotopic (exact) mass is 324 g/mol. The van der Waals surface area contributed by atoms with Gasteiger partial charge in [-0.25, -0.2) is 4.90 Å². The first-order valence-electron chi connectivity index (χ1n) is 7.85. The molecule has 1 unspecified atom stereocenters. The number of nitrogens with zero attached hydrogens (tertiary/aromatic N) is 1. The van der Waals surface area contributed by atoms with Gasteiger partial charge in [-0.3, -0.25) is 9.59 Å². The second-order valence-corrected chi connectivity index (χ2v) is 5.92. The number of nitrogens with one attached hydrogen (secondary N) is 1. The molecular weight excluding hydrogens is 304 g/mol. The number of methoxy groups -OCH3 is 1. The number of carbonyl (C=O) groups excluding carboxylic acids is 2. The van der Waals surface area contributed by atoms with Crippen molar-refractivity contribution in [1.82, 2.24) is 0 Å². The minimum absolute atomic E-state index is 0.151. The average molecular weight is 324 g/mol. The summed E-state index contributed by atoms with van der Waals surface area (Å²) in [5, 5.41) is 3.14. The van der Waals surface area contributed by atoms with E-state index < -0.39 is 6.04 Å². The zero-order valence-electron chi connectivity index (χ0n) is 14.0. The standard InChI is InChI=1S/C19H20N2O3/c1-12-5-4-6-17(13(12)2)21-18(22)11-16(19(21)23)20-14-7-9-15(24-3)10-8-14/h4-10,16,20H,11H2,1-3H3. The Morgan fingerprint density at radius 2 is 1.79 bits per heavy atom. The quantitative estimate of drug-likeness (QED) is 0.878. The molecule has 1 N–H and O–H groups in total. The number of hydrogen-bond donors (Lipinski definition) is 1. The van der Waals surface area contributed by atoms with Crippen LogP contribution in [-0.4, -0.2) is 25.0 Å². The SMILES string of the molecule is COc1ccc(NC2CC(=O)N(c3cccc(C)c3C)C2=O)cc1. The second kappa shape index (κ2) is 6.35. The van der Waals surface area contributed by atoms with Crippen molar-refractivity contribution in [2.45, 2.75) is 26.3 Å². The van der Waals surface area contributed by atoms with Crippen LogP contribution in [0.5, 0.6) is 5.75 Å². The molecular formula is C19H20N2O3.